The van der Waals surface area contributed by atoms with E-state index >= 15 is 0 Å². The third kappa shape index (κ3) is 2.06. The third-order valence-electron chi connectivity index (χ3n) is 3.37. The van der Waals surface area contributed by atoms with Crippen LogP contribution in [-0.4, -0.2) is 31.0 Å². The van der Waals surface area contributed by atoms with Crippen LogP contribution in [0.2, 0.25) is 0 Å². The molecule has 0 spiro atoms. The Kier molecular flexibility index (Phi) is 3.45. The van der Waals surface area contributed by atoms with Crippen molar-refractivity contribution in [2.24, 2.45) is 5.92 Å². The largest absolute Gasteiger partial charge is 0.301 e. The van der Waals surface area contributed by atoms with Crippen LogP contribution in [0.4, 0.5) is 0 Å². The van der Waals surface area contributed by atoms with Gasteiger partial charge in [0.2, 0.25) is 5.91 Å². The van der Waals surface area contributed by atoms with E-state index in [0.29, 0.717) is 17.0 Å². The van der Waals surface area contributed by atoms with E-state index in [1.807, 2.05) is 6.92 Å². The molecule has 2 rings (SSSR count). The second-order valence-corrected chi connectivity index (χ2v) is 6.41. The van der Waals surface area contributed by atoms with Crippen molar-refractivity contribution < 1.29 is 18.0 Å². The lowest BCUT2D eigenvalue weighted by atomic mass is 9.89. The lowest BCUT2D eigenvalue weighted by Gasteiger charge is -2.42. The quantitative estimate of drug-likeness (QED) is 0.612. The standard InChI is InChI=1S/C13H15NO4S/c1-3-11-12(8-15)14(13(11)16)19(17,18)10-6-4-9(2)5-7-10/h4-8,11-12H,3H2,1-2H3/t11-,12+/m1/s1. The summed E-state index contributed by atoms with van der Waals surface area (Å²) < 4.78 is 25.3. The Hall–Kier alpha value is -1.69. The van der Waals surface area contributed by atoms with Gasteiger partial charge in [-0.3, -0.25) is 4.79 Å². The number of nitrogens with zero attached hydrogens (tertiary/aromatic N) is 1. The molecule has 1 aliphatic rings. The van der Waals surface area contributed by atoms with E-state index in [2.05, 4.69) is 0 Å². The van der Waals surface area contributed by atoms with Crippen molar-refractivity contribution in [2.75, 3.05) is 0 Å². The van der Waals surface area contributed by atoms with Crippen molar-refractivity contribution >= 4 is 22.2 Å². The maximum atomic E-state index is 12.3. The van der Waals surface area contributed by atoms with Crippen LogP contribution in [0.3, 0.4) is 0 Å². The van der Waals surface area contributed by atoms with Crippen molar-refractivity contribution in [1.29, 1.82) is 0 Å². The Morgan fingerprint density at radius 1 is 1.26 bits per heavy atom. The highest BCUT2D eigenvalue weighted by Crippen LogP contribution is 2.33. The third-order valence-corrected chi connectivity index (χ3v) is 5.18. The zero-order valence-corrected chi connectivity index (χ0v) is 11.6. The van der Waals surface area contributed by atoms with Gasteiger partial charge in [0.25, 0.3) is 10.0 Å². The average Bonchev–Trinajstić information content (AvgIpc) is 2.36. The Bertz CT molecular complexity index is 606. The molecule has 1 amide bonds. The summed E-state index contributed by atoms with van der Waals surface area (Å²) in [6, 6.07) is 5.33. The van der Waals surface area contributed by atoms with Gasteiger partial charge in [0, 0.05) is 0 Å². The molecule has 1 aromatic carbocycles. The molecule has 102 valence electrons. The van der Waals surface area contributed by atoms with Gasteiger partial charge in [-0.15, -0.1) is 0 Å². The van der Waals surface area contributed by atoms with Crippen molar-refractivity contribution in [1.82, 2.24) is 4.31 Å². The number of aldehydes is 1. The predicted molar refractivity (Wildman–Crippen MR) is 68.8 cm³/mol. The number of carbonyl (C=O) groups excluding carboxylic acids is 2. The number of benzene rings is 1. The number of carbonyl (C=O) groups is 2. The van der Waals surface area contributed by atoms with Crippen LogP contribution in [0.15, 0.2) is 29.2 Å². The van der Waals surface area contributed by atoms with E-state index in [4.69, 9.17) is 0 Å². The number of aryl methyl sites for hydroxylation is 1. The van der Waals surface area contributed by atoms with Gasteiger partial charge in [0.15, 0.2) is 0 Å². The second-order valence-electron chi connectivity index (χ2n) is 4.59. The van der Waals surface area contributed by atoms with Gasteiger partial charge in [0.1, 0.15) is 12.3 Å². The molecule has 19 heavy (non-hydrogen) atoms. The molecule has 1 saturated heterocycles. The Morgan fingerprint density at radius 3 is 2.32 bits per heavy atom. The van der Waals surface area contributed by atoms with Crippen LogP contribution in [0, 0.1) is 12.8 Å². The van der Waals surface area contributed by atoms with Crippen molar-refractivity contribution in [3.05, 3.63) is 29.8 Å². The highest BCUT2D eigenvalue weighted by Gasteiger charge is 2.52. The molecule has 0 N–H and O–H groups in total. The minimum atomic E-state index is -3.92. The number of hydrogen-bond acceptors (Lipinski definition) is 4. The fourth-order valence-corrected chi connectivity index (χ4v) is 3.80. The molecule has 1 heterocycles. The smallest absolute Gasteiger partial charge is 0.267 e. The van der Waals surface area contributed by atoms with Crippen molar-refractivity contribution in [3.63, 3.8) is 0 Å². The van der Waals surface area contributed by atoms with E-state index in [1.165, 1.54) is 12.1 Å². The van der Waals surface area contributed by atoms with Gasteiger partial charge in [-0.2, -0.15) is 0 Å². The molecule has 0 bridgehead atoms. The zero-order chi connectivity index (χ0) is 14.2. The van der Waals surface area contributed by atoms with Gasteiger partial charge in [0.05, 0.1) is 10.8 Å². The molecule has 0 aliphatic carbocycles. The normalized spacial score (nSPS) is 23.1. The highest BCUT2D eigenvalue weighted by atomic mass is 32.2. The molecule has 1 aliphatic heterocycles. The first kappa shape index (κ1) is 13.7. The maximum absolute atomic E-state index is 12.3. The topological polar surface area (TPSA) is 71.5 Å². The summed E-state index contributed by atoms with van der Waals surface area (Å²) in [5, 5.41) is 0. The van der Waals surface area contributed by atoms with Gasteiger partial charge in [-0.05, 0) is 25.5 Å². The summed E-state index contributed by atoms with van der Waals surface area (Å²) in [5.41, 5.74) is 0.923. The molecular formula is C13H15NO4S. The summed E-state index contributed by atoms with van der Waals surface area (Å²) in [5.74, 6) is -1.02. The van der Waals surface area contributed by atoms with Crippen molar-refractivity contribution in [2.45, 2.75) is 31.2 Å². The summed E-state index contributed by atoms with van der Waals surface area (Å²) in [7, 11) is -3.92. The molecule has 0 aromatic heterocycles. The molecule has 5 nitrogen and oxygen atoms in total. The van der Waals surface area contributed by atoms with E-state index in [1.54, 1.807) is 19.1 Å². The average molecular weight is 281 g/mol. The molecule has 1 aromatic rings. The van der Waals surface area contributed by atoms with Crippen LogP contribution < -0.4 is 0 Å². The van der Waals surface area contributed by atoms with Crippen LogP contribution in [0.5, 0.6) is 0 Å². The Labute approximate surface area is 112 Å². The number of sulfonamides is 1. The SMILES string of the molecule is CC[C@H]1C(=O)N(S(=O)(=O)c2ccc(C)cc2)[C@H]1C=O. The van der Waals surface area contributed by atoms with Crippen LogP contribution in [0.1, 0.15) is 18.9 Å². The molecule has 6 heteroatoms. The van der Waals surface area contributed by atoms with E-state index < -0.39 is 27.9 Å². The lowest BCUT2D eigenvalue weighted by molar-refractivity contribution is -0.149. The molecule has 0 radical (unpaired) electrons. The van der Waals surface area contributed by atoms with Gasteiger partial charge < -0.3 is 4.79 Å². The first-order valence-electron chi connectivity index (χ1n) is 6.03. The van der Waals surface area contributed by atoms with Crippen LogP contribution >= 0.6 is 0 Å². The van der Waals surface area contributed by atoms with Crippen molar-refractivity contribution in [3.8, 4) is 0 Å². The monoisotopic (exact) mass is 281 g/mol. The predicted octanol–water partition coefficient (Wildman–Crippen LogP) is 1.12. The summed E-state index contributed by atoms with van der Waals surface area (Å²) in [6.45, 7) is 3.60. The number of hydrogen-bond donors (Lipinski definition) is 0. The zero-order valence-electron chi connectivity index (χ0n) is 10.7. The van der Waals surface area contributed by atoms with E-state index in [-0.39, 0.29) is 4.90 Å². The van der Waals surface area contributed by atoms with Gasteiger partial charge in [-0.25, -0.2) is 12.7 Å². The highest BCUT2D eigenvalue weighted by molar-refractivity contribution is 7.89. The molecule has 1 fully saturated rings. The molecule has 0 saturated carbocycles. The Balaban J connectivity index is 2.38. The summed E-state index contributed by atoms with van der Waals surface area (Å²) >= 11 is 0. The first-order valence-corrected chi connectivity index (χ1v) is 7.47. The fourth-order valence-electron chi connectivity index (χ4n) is 2.21. The van der Waals surface area contributed by atoms with Crippen LogP contribution in [0.25, 0.3) is 0 Å². The molecule has 2 atom stereocenters. The fraction of sp³-hybridized carbons (Fsp3) is 0.385. The molecule has 0 unspecified atom stereocenters. The Morgan fingerprint density at radius 2 is 1.84 bits per heavy atom. The first-order chi connectivity index (χ1) is 8.93. The van der Waals surface area contributed by atoms with Crippen LogP contribution in [-0.2, 0) is 19.6 Å². The van der Waals surface area contributed by atoms with Gasteiger partial charge >= 0.3 is 0 Å². The van der Waals surface area contributed by atoms with Gasteiger partial charge in [-0.1, -0.05) is 24.6 Å². The lowest BCUT2D eigenvalue weighted by Crippen LogP contribution is -2.63. The van der Waals surface area contributed by atoms with E-state index in [9.17, 15) is 18.0 Å². The maximum Gasteiger partial charge on any atom is 0.267 e. The number of β-lactam (4-membered cyclic amide) rings is 1. The number of rotatable bonds is 4. The number of amides is 1. The summed E-state index contributed by atoms with van der Waals surface area (Å²) in [6.07, 6.45) is 0.990. The summed E-state index contributed by atoms with van der Waals surface area (Å²) in [4.78, 5) is 22.9. The molecular weight excluding hydrogens is 266 g/mol. The van der Waals surface area contributed by atoms with E-state index in [0.717, 1.165) is 5.56 Å². The minimum absolute atomic E-state index is 0.0350. The minimum Gasteiger partial charge on any atom is -0.301 e. The second kappa shape index (κ2) is 4.77.